The van der Waals surface area contributed by atoms with E-state index < -0.39 is 28.4 Å². The zero-order valence-corrected chi connectivity index (χ0v) is 14.9. The van der Waals surface area contributed by atoms with Crippen molar-refractivity contribution in [3.8, 4) is 0 Å². The lowest BCUT2D eigenvalue weighted by molar-refractivity contribution is -0.00952. The minimum absolute atomic E-state index is 0.0281. The zero-order valence-electron chi connectivity index (χ0n) is 14.1. The third kappa shape index (κ3) is 2.55. The lowest BCUT2D eigenvalue weighted by Crippen LogP contribution is -2.40. The molecular weight excluding hydrogens is 386 g/mol. The van der Waals surface area contributed by atoms with Gasteiger partial charge in [0, 0.05) is 10.4 Å². The summed E-state index contributed by atoms with van der Waals surface area (Å²) in [6, 6.07) is 11.8. The van der Waals surface area contributed by atoms with Gasteiger partial charge in [-0.1, -0.05) is 36.4 Å². The molecule has 9 nitrogen and oxygen atoms in total. The van der Waals surface area contributed by atoms with Gasteiger partial charge in [-0.05, 0) is 12.1 Å². The van der Waals surface area contributed by atoms with Crippen molar-refractivity contribution >= 4 is 38.3 Å². The van der Waals surface area contributed by atoms with Gasteiger partial charge in [-0.15, -0.1) is 9.35 Å². The van der Waals surface area contributed by atoms with Crippen molar-refractivity contribution in [1.82, 2.24) is 5.06 Å². The number of carbonyl (C=O) groups is 2. The van der Waals surface area contributed by atoms with E-state index in [0.29, 0.717) is 0 Å². The Bertz CT molecular complexity index is 1300. The first-order valence-corrected chi connectivity index (χ1v) is 9.41. The molecule has 0 unspecified atom stereocenters. The Balaban J connectivity index is 1.84. The number of amides is 2. The molecule has 0 radical (unpaired) electrons. The average molecular weight is 397 g/mol. The number of aliphatic hydroxyl groups is 1. The molecule has 0 fully saturated rings. The standard InChI is InChI=1S/C18H11N3O6S/c19-20-14-9-15(10-5-1-2-6-11(10)16(14)22)28(25,26)27-21-17(23)12-7-3-4-8-13(12)18(21)24/h1-8,22H,9H2. The van der Waals surface area contributed by atoms with Crippen molar-refractivity contribution in [1.29, 1.82) is 0 Å². The molecule has 0 aromatic heterocycles. The van der Waals surface area contributed by atoms with Gasteiger partial charge in [0.2, 0.25) is 5.76 Å². The van der Waals surface area contributed by atoms with Gasteiger partial charge in [-0.25, -0.2) is 0 Å². The van der Waals surface area contributed by atoms with Gasteiger partial charge in [0.25, 0.3) is 11.8 Å². The van der Waals surface area contributed by atoms with Crippen molar-refractivity contribution in [2.75, 3.05) is 0 Å². The molecule has 0 bridgehead atoms. The molecule has 140 valence electrons. The van der Waals surface area contributed by atoms with Crippen LogP contribution in [0.1, 0.15) is 27.1 Å². The quantitative estimate of drug-likeness (QED) is 0.443. The molecule has 1 aliphatic carbocycles. The first-order valence-electron chi connectivity index (χ1n) is 8.00. The van der Waals surface area contributed by atoms with Crippen LogP contribution in [-0.4, -0.2) is 40.9 Å². The van der Waals surface area contributed by atoms with E-state index in [2.05, 4.69) is 4.79 Å². The molecule has 0 saturated heterocycles. The van der Waals surface area contributed by atoms with Crippen LogP contribution in [0.2, 0.25) is 0 Å². The fraction of sp³-hybridized carbons (Fsp3) is 0.0556. The van der Waals surface area contributed by atoms with Crippen LogP contribution in [0.4, 0.5) is 0 Å². The molecule has 1 aliphatic heterocycles. The number of benzene rings is 2. The summed E-state index contributed by atoms with van der Waals surface area (Å²) in [6.07, 6.45) is -0.481. The van der Waals surface area contributed by atoms with E-state index >= 15 is 0 Å². The first-order chi connectivity index (χ1) is 13.3. The van der Waals surface area contributed by atoms with Crippen LogP contribution < -0.4 is 10.4 Å². The number of fused-ring (bicyclic) bond motifs is 2. The van der Waals surface area contributed by atoms with E-state index in [1.807, 2.05) is 0 Å². The molecule has 0 atom stereocenters. The van der Waals surface area contributed by atoms with Crippen molar-refractivity contribution in [3.05, 3.63) is 75.6 Å². The van der Waals surface area contributed by atoms with E-state index in [9.17, 15) is 23.1 Å². The zero-order chi connectivity index (χ0) is 20.1. The van der Waals surface area contributed by atoms with Crippen LogP contribution in [0.15, 0.2) is 48.5 Å². The fourth-order valence-electron chi connectivity index (χ4n) is 3.10. The number of rotatable bonds is 3. The Labute approximate surface area is 158 Å². The summed E-state index contributed by atoms with van der Waals surface area (Å²) in [5, 5.41) is 10.6. The maximum atomic E-state index is 12.9. The molecule has 1 heterocycles. The lowest BCUT2D eigenvalue weighted by atomic mass is 10.0. The Morgan fingerprint density at radius 1 is 0.964 bits per heavy atom. The van der Waals surface area contributed by atoms with Gasteiger partial charge >= 0.3 is 15.8 Å². The third-order valence-electron chi connectivity index (χ3n) is 4.44. The Morgan fingerprint density at radius 2 is 1.50 bits per heavy atom. The van der Waals surface area contributed by atoms with E-state index in [1.54, 1.807) is 12.1 Å². The van der Waals surface area contributed by atoms with E-state index in [1.165, 1.54) is 36.4 Å². The molecule has 1 N–H and O–H groups in total. The van der Waals surface area contributed by atoms with E-state index in [4.69, 9.17) is 9.81 Å². The highest BCUT2D eigenvalue weighted by Gasteiger charge is 2.42. The number of nitrogens with zero attached hydrogens (tertiary/aromatic N) is 3. The molecular formula is C18H11N3O6S. The van der Waals surface area contributed by atoms with Gasteiger partial charge in [0.15, 0.2) is 0 Å². The van der Waals surface area contributed by atoms with Crippen LogP contribution in [0.5, 0.6) is 0 Å². The highest BCUT2D eigenvalue weighted by molar-refractivity contribution is 7.95. The van der Waals surface area contributed by atoms with Gasteiger partial charge in [-0.3, -0.25) is 9.59 Å². The van der Waals surface area contributed by atoms with Crippen LogP contribution in [-0.2, 0) is 14.4 Å². The molecule has 0 saturated carbocycles. The van der Waals surface area contributed by atoms with Crippen molar-refractivity contribution in [2.24, 2.45) is 0 Å². The lowest BCUT2D eigenvalue weighted by Gasteiger charge is -2.16. The molecule has 4 rings (SSSR count). The van der Waals surface area contributed by atoms with Gasteiger partial charge < -0.3 is 10.6 Å². The van der Waals surface area contributed by atoms with Crippen molar-refractivity contribution in [2.45, 2.75) is 6.42 Å². The Hall–Kier alpha value is -3.59. The van der Waals surface area contributed by atoms with Gasteiger partial charge in [0.05, 0.1) is 22.5 Å². The predicted octanol–water partition coefficient (Wildman–Crippen LogP) is 0.0931. The second kappa shape index (κ2) is 6.24. The molecule has 2 aromatic carbocycles. The van der Waals surface area contributed by atoms with E-state index in [0.717, 1.165) is 0 Å². The summed E-state index contributed by atoms with van der Waals surface area (Å²) < 4.78 is 30.6. The summed E-state index contributed by atoms with van der Waals surface area (Å²) in [7, 11) is -4.65. The number of hydroxylamine groups is 2. The minimum atomic E-state index is -4.65. The number of imide groups is 1. The summed E-state index contributed by atoms with van der Waals surface area (Å²) in [5.74, 6) is -2.18. The average Bonchev–Trinajstić information content (AvgIpc) is 2.93. The topological polar surface area (TPSA) is 137 Å². The summed E-state index contributed by atoms with van der Waals surface area (Å²) >= 11 is 0. The van der Waals surface area contributed by atoms with E-state index in [-0.39, 0.29) is 43.0 Å². The van der Waals surface area contributed by atoms with Crippen LogP contribution in [0.3, 0.4) is 0 Å². The number of hydrogen-bond donors (Lipinski definition) is 1. The summed E-state index contributed by atoms with van der Waals surface area (Å²) in [6.45, 7) is 0. The molecule has 28 heavy (non-hydrogen) atoms. The highest BCUT2D eigenvalue weighted by Crippen LogP contribution is 2.26. The number of hydrogen-bond acceptors (Lipinski definition) is 6. The van der Waals surface area contributed by atoms with Crippen LogP contribution in [0, 0.1) is 0 Å². The SMILES string of the molecule is [N-]=[N+]=C1CC(S(=O)(=O)ON2C(=O)c3ccccc3C2=O)=c2ccccc2=C1O. The van der Waals surface area contributed by atoms with Crippen LogP contribution >= 0.6 is 0 Å². The Kier molecular flexibility index (Phi) is 3.97. The molecule has 2 aliphatic rings. The molecule has 2 amide bonds. The monoisotopic (exact) mass is 397 g/mol. The molecule has 2 aromatic rings. The summed E-state index contributed by atoms with van der Waals surface area (Å²) in [4.78, 5) is 27.3. The maximum absolute atomic E-state index is 12.9. The van der Waals surface area contributed by atoms with Crippen LogP contribution in [0.25, 0.3) is 16.2 Å². The van der Waals surface area contributed by atoms with Crippen molar-refractivity contribution in [3.63, 3.8) is 0 Å². The van der Waals surface area contributed by atoms with Crippen molar-refractivity contribution < 1.29 is 32.2 Å². The first kappa shape index (κ1) is 17.8. The van der Waals surface area contributed by atoms with Gasteiger partial charge in [0.1, 0.15) is 0 Å². The molecule has 0 spiro atoms. The third-order valence-corrected chi connectivity index (χ3v) is 5.75. The normalized spacial score (nSPS) is 16.1. The number of aliphatic hydroxyl groups excluding tert-OH is 1. The second-order valence-electron chi connectivity index (χ2n) is 6.02. The largest absolute Gasteiger partial charge is 0.501 e. The second-order valence-corrected chi connectivity index (χ2v) is 7.57. The fourth-order valence-corrected chi connectivity index (χ4v) is 4.29. The maximum Gasteiger partial charge on any atom is 0.338 e. The number of carbonyl (C=O) groups excluding carboxylic acids is 2. The Morgan fingerprint density at radius 3 is 2.07 bits per heavy atom. The molecule has 10 heteroatoms. The smallest absolute Gasteiger partial charge is 0.338 e. The highest BCUT2D eigenvalue weighted by atomic mass is 32.2. The minimum Gasteiger partial charge on any atom is -0.501 e. The summed E-state index contributed by atoms with van der Waals surface area (Å²) in [5.41, 5.74) is 8.86. The predicted molar refractivity (Wildman–Crippen MR) is 95.3 cm³/mol. The van der Waals surface area contributed by atoms with Gasteiger partial charge in [-0.2, -0.15) is 13.2 Å².